The smallest absolute Gasteiger partial charge is 0.434 e. The zero-order valence-electron chi connectivity index (χ0n) is 13.4. The van der Waals surface area contributed by atoms with Crippen LogP contribution in [-0.4, -0.2) is 32.7 Å². The largest absolute Gasteiger partial charge is 0.513 e. The standard InChI is InChI=1S/C15H19ClN4O3/c1-4-5-6-7-22-15(21)23-12-9-13(16)17-18-14(12)11-8-10(2)19-20(11)3/h8-9H,4-7H2,1-3H3. The number of carbonyl (C=O) groups excluding carboxylic acids is 1. The van der Waals surface area contributed by atoms with Gasteiger partial charge in [0.1, 0.15) is 0 Å². The maximum absolute atomic E-state index is 11.8. The van der Waals surface area contributed by atoms with Gasteiger partial charge in [0.25, 0.3) is 0 Å². The minimum absolute atomic E-state index is 0.126. The van der Waals surface area contributed by atoms with Crippen molar-refractivity contribution >= 4 is 17.8 Å². The van der Waals surface area contributed by atoms with Gasteiger partial charge in [-0.2, -0.15) is 5.10 Å². The average Bonchev–Trinajstić information content (AvgIpc) is 2.82. The van der Waals surface area contributed by atoms with Crippen molar-refractivity contribution < 1.29 is 14.3 Å². The summed E-state index contributed by atoms with van der Waals surface area (Å²) in [4.78, 5) is 11.8. The van der Waals surface area contributed by atoms with Crippen LogP contribution < -0.4 is 4.74 Å². The molecule has 0 fully saturated rings. The van der Waals surface area contributed by atoms with Gasteiger partial charge in [-0.05, 0) is 19.4 Å². The zero-order valence-corrected chi connectivity index (χ0v) is 14.1. The van der Waals surface area contributed by atoms with Gasteiger partial charge in [-0.15, -0.1) is 10.2 Å². The minimum Gasteiger partial charge on any atom is -0.434 e. The summed E-state index contributed by atoms with van der Waals surface area (Å²) >= 11 is 5.85. The molecule has 0 aliphatic heterocycles. The Morgan fingerprint density at radius 3 is 2.74 bits per heavy atom. The lowest BCUT2D eigenvalue weighted by atomic mass is 10.2. The highest BCUT2D eigenvalue weighted by Gasteiger charge is 2.18. The first-order valence-electron chi connectivity index (χ1n) is 7.40. The molecule has 0 unspecified atom stereocenters. The van der Waals surface area contributed by atoms with Crippen LogP contribution in [0.5, 0.6) is 5.75 Å². The molecule has 0 spiro atoms. The molecule has 0 radical (unpaired) electrons. The van der Waals surface area contributed by atoms with Crippen LogP contribution in [0.1, 0.15) is 31.9 Å². The van der Waals surface area contributed by atoms with Crippen molar-refractivity contribution in [3.05, 3.63) is 23.0 Å². The lowest BCUT2D eigenvalue weighted by Crippen LogP contribution is -2.13. The van der Waals surface area contributed by atoms with Crippen LogP contribution in [0.4, 0.5) is 4.79 Å². The molecule has 2 rings (SSSR count). The first kappa shape index (κ1) is 17.2. The normalized spacial score (nSPS) is 10.6. The molecular weight excluding hydrogens is 320 g/mol. The third-order valence-corrected chi connectivity index (χ3v) is 3.32. The van der Waals surface area contributed by atoms with Crippen LogP contribution in [0, 0.1) is 6.92 Å². The molecular formula is C15H19ClN4O3. The summed E-state index contributed by atoms with van der Waals surface area (Å²) in [6.07, 6.45) is 2.06. The molecule has 8 heteroatoms. The summed E-state index contributed by atoms with van der Waals surface area (Å²) in [7, 11) is 1.77. The molecule has 2 aromatic rings. The second-order valence-electron chi connectivity index (χ2n) is 5.08. The Kier molecular flexibility index (Phi) is 5.92. The van der Waals surface area contributed by atoms with Gasteiger partial charge in [0.05, 0.1) is 18.0 Å². The highest BCUT2D eigenvalue weighted by atomic mass is 35.5. The fraction of sp³-hybridized carbons (Fsp3) is 0.467. The monoisotopic (exact) mass is 338 g/mol. The van der Waals surface area contributed by atoms with Crippen LogP contribution in [0.25, 0.3) is 11.4 Å². The molecule has 0 aromatic carbocycles. The second-order valence-corrected chi connectivity index (χ2v) is 5.47. The molecule has 0 saturated heterocycles. The summed E-state index contributed by atoms with van der Waals surface area (Å²) in [5.74, 6) is 0.188. The predicted octanol–water partition coefficient (Wildman–Crippen LogP) is 3.54. The number of rotatable bonds is 6. The Labute approximate surface area is 139 Å². The first-order valence-corrected chi connectivity index (χ1v) is 7.78. The molecule has 2 heterocycles. The minimum atomic E-state index is -0.787. The van der Waals surface area contributed by atoms with Crippen molar-refractivity contribution in [2.75, 3.05) is 6.61 Å². The summed E-state index contributed by atoms with van der Waals surface area (Å²) in [5.41, 5.74) is 1.86. The van der Waals surface area contributed by atoms with Crippen molar-refractivity contribution in [3.63, 3.8) is 0 Å². The Balaban J connectivity index is 2.16. The summed E-state index contributed by atoms with van der Waals surface area (Å²) in [6.45, 7) is 4.25. The second kappa shape index (κ2) is 7.92. The Bertz CT molecular complexity index is 687. The molecule has 7 nitrogen and oxygen atoms in total. The molecule has 0 N–H and O–H groups in total. The van der Waals surface area contributed by atoms with E-state index in [2.05, 4.69) is 22.2 Å². The maximum Gasteiger partial charge on any atom is 0.513 e. The third kappa shape index (κ3) is 4.66. The third-order valence-electron chi connectivity index (χ3n) is 3.13. The average molecular weight is 339 g/mol. The van der Waals surface area contributed by atoms with Gasteiger partial charge in [0.2, 0.25) is 0 Å². The Hall–Kier alpha value is -2.15. The van der Waals surface area contributed by atoms with E-state index in [9.17, 15) is 4.79 Å². The summed E-state index contributed by atoms with van der Waals surface area (Å²) in [6, 6.07) is 3.25. The van der Waals surface area contributed by atoms with E-state index in [0.717, 1.165) is 25.0 Å². The van der Waals surface area contributed by atoms with Crippen molar-refractivity contribution in [1.82, 2.24) is 20.0 Å². The van der Waals surface area contributed by atoms with Gasteiger partial charge in [-0.3, -0.25) is 4.68 Å². The molecule has 0 bridgehead atoms. The number of nitrogens with zero attached hydrogens (tertiary/aromatic N) is 4. The van der Waals surface area contributed by atoms with Crippen molar-refractivity contribution in [2.24, 2.45) is 7.05 Å². The van der Waals surface area contributed by atoms with E-state index in [1.54, 1.807) is 11.7 Å². The van der Waals surface area contributed by atoms with E-state index in [4.69, 9.17) is 21.1 Å². The van der Waals surface area contributed by atoms with E-state index in [0.29, 0.717) is 18.0 Å². The van der Waals surface area contributed by atoms with E-state index in [-0.39, 0.29) is 10.9 Å². The molecule has 2 aromatic heterocycles. The van der Waals surface area contributed by atoms with Crippen LogP contribution in [-0.2, 0) is 11.8 Å². The van der Waals surface area contributed by atoms with Gasteiger partial charge in [0.15, 0.2) is 16.6 Å². The van der Waals surface area contributed by atoms with E-state index in [1.165, 1.54) is 6.07 Å². The highest BCUT2D eigenvalue weighted by Crippen LogP contribution is 2.29. The number of unbranched alkanes of at least 4 members (excludes halogenated alkanes) is 2. The summed E-state index contributed by atoms with van der Waals surface area (Å²) < 4.78 is 11.9. The lowest BCUT2D eigenvalue weighted by molar-refractivity contribution is 0.0974. The molecule has 124 valence electrons. The molecule has 0 aliphatic carbocycles. The fourth-order valence-electron chi connectivity index (χ4n) is 2.07. The van der Waals surface area contributed by atoms with Crippen molar-refractivity contribution in [3.8, 4) is 17.1 Å². The summed E-state index contributed by atoms with van der Waals surface area (Å²) in [5, 5.41) is 12.2. The number of carbonyl (C=O) groups is 1. The maximum atomic E-state index is 11.8. The molecule has 0 aliphatic rings. The number of aryl methyl sites for hydroxylation is 2. The number of hydrogen-bond acceptors (Lipinski definition) is 6. The lowest BCUT2D eigenvalue weighted by Gasteiger charge is -2.09. The van der Waals surface area contributed by atoms with Crippen LogP contribution >= 0.6 is 11.6 Å². The topological polar surface area (TPSA) is 79.1 Å². The SMILES string of the molecule is CCCCCOC(=O)Oc1cc(Cl)nnc1-c1cc(C)nn1C. The van der Waals surface area contributed by atoms with Crippen LogP contribution in [0.3, 0.4) is 0 Å². The van der Waals surface area contributed by atoms with Crippen molar-refractivity contribution in [1.29, 1.82) is 0 Å². The van der Waals surface area contributed by atoms with E-state index < -0.39 is 6.16 Å². The van der Waals surface area contributed by atoms with Gasteiger partial charge >= 0.3 is 6.16 Å². The zero-order chi connectivity index (χ0) is 16.8. The van der Waals surface area contributed by atoms with Crippen LogP contribution in [0.15, 0.2) is 12.1 Å². The fourth-order valence-corrected chi connectivity index (χ4v) is 2.20. The molecule has 23 heavy (non-hydrogen) atoms. The molecule has 0 atom stereocenters. The van der Waals surface area contributed by atoms with Gasteiger partial charge in [-0.1, -0.05) is 31.4 Å². The Morgan fingerprint density at radius 2 is 2.09 bits per heavy atom. The van der Waals surface area contributed by atoms with Gasteiger partial charge in [-0.25, -0.2) is 4.79 Å². The molecule has 0 saturated carbocycles. The number of aromatic nitrogens is 4. The van der Waals surface area contributed by atoms with E-state index in [1.807, 2.05) is 13.0 Å². The Morgan fingerprint density at radius 1 is 1.30 bits per heavy atom. The predicted molar refractivity (Wildman–Crippen MR) is 85.5 cm³/mol. The number of hydrogen-bond donors (Lipinski definition) is 0. The van der Waals surface area contributed by atoms with E-state index >= 15 is 0 Å². The van der Waals surface area contributed by atoms with Crippen LogP contribution in [0.2, 0.25) is 5.15 Å². The first-order chi connectivity index (χ1) is 11.0. The molecule has 0 amide bonds. The number of halogens is 1. The quantitative estimate of drug-likeness (QED) is 0.592. The van der Waals surface area contributed by atoms with Gasteiger partial charge in [0, 0.05) is 13.1 Å². The van der Waals surface area contributed by atoms with Crippen molar-refractivity contribution in [2.45, 2.75) is 33.1 Å². The highest BCUT2D eigenvalue weighted by molar-refractivity contribution is 6.29. The number of ether oxygens (including phenoxy) is 2. The van der Waals surface area contributed by atoms with Gasteiger partial charge < -0.3 is 9.47 Å².